The van der Waals surface area contributed by atoms with Crippen LogP contribution in [0, 0.1) is 12.8 Å². The third kappa shape index (κ3) is 3.78. The van der Waals surface area contributed by atoms with Gasteiger partial charge < -0.3 is 5.11 Å². The molecule has 1 unspecified atom stereocenters. The highest BCUT2D eigenvalue weighted by Crippen LogP contribution is 2.21. The number of benzene rings is 1. The molecular weight excluding hydrogens is 290 g/mol. The van der Waals surface area contributed by atoms with E-state index in [0.29, 0.717) is 5.56 Å². The van der Waals surface area contributed by atoms with Crippen molar-refractivity contribution in [2.45, 2.75) is 19.6 Å². The van der Waals surface area contributed by atoms with E-state index in [2.05, 4.69) is 4.98 Å². The van der Waals surface area contributed by atoms with Gasteiger partial charge in [0.05, 0.1) is 22.9 Å². The molecule has 0 fully saturated rings. The standard InChI is InChI=1S/C15H17NO4S/c1-10(15(17)18)8-21(19,20)9-12-7-11(2)16-14-6-4-3-5-13(12)14/h3-7,10H,8-9H2,1-2H3,(H,17,18). The molecular formula is C15H17NO4S. The van der Waals surface area contributed by atoms with E-state index in [1.807, 2.05) is 31.2 Å². The number of fused-ring (bicyclic) bond motifs is 1. The third-order valence-corrected chi connectivity index (χ3v) is 4.99. The van der Waals surface area contributed by atoms with Crippen molar-refractivity contribution < 1.29 is 18.3 Å². The molecule has 0 bridgehead atoms. The number of carboxylic acid groups (broad SMARTS) is 1. The van der Waals surface area contributed by atoms with E-state index < -0.39 is 21.7 Å². The summed E-state index contributed by atoms with van der Waals surface area (Å²) in [6.45, 7) is 3.21. The second kappa shape index (κ2) is 5.81. The van der Waals surface area contributed by atoms with Crippen LogP contribution in [0.1, 0.15) is 18.2 Å². The van der Waals surface area contributed by atoms with Crippen molar-refractivity contribution in [1.29, 1.82) is 0 Å². The van der Waals surface area contributed by atoms with Gasteiger partial charge in [-0.05, 0) is 24.6 Å². The summed E-state index contributed by atoms with van der Waals surface area (Å²) in [6, 6.07) is 9.08. The molecule has 2 rings (SSSR count). The fourth-order valence-corrected chi connectivity index (χ4v) is 4.00. The Morgan fingerprint density at radius 1 is 1.33 bits per heavy atom. The number of aromatic nitrogens is 1. The van der Waals surface area contributed by atoms with E-state index in [1.165, 1.54) is 6.92 Å². The number of aryl methyl sites for hydroxylation is 1. The number of pyridine rings is 1. The van der Waals surface area contributed by atoms with Crippen molar-refractivity contribution in [3.63, 3.8) is 0 Å². The summed E-state index contributed by atoms with van der Waals surface area (Å²) in [4.78, 5) is 15.2. The molecule has 0 aliphatic rings. The Morgan fingerprint density at radius 3 is 2.67 bits per heavy atom. The molecule has 1 heterocycles. The predicted octanol–water partition coefficient (Wildman–Crippen LogP) is 2.18. The number of nitrogens with zero attached hydrogens (tertiary/aromatic N) is 1. The number of hydrogen-bond donors (Lipinski definition) is 1. The Bertz CT molecular complexity index is 783. The van der Waals surface area contributed by atoms with Gasteiger partial charge in [-0.1, -0.05) is 25.1 Å². The van der Waals surface area contributed by atoms with Crippen LogP contribution in [0.2, 0.25) is 0 Å². The molecule has 0 saturated heterocycles. The molecule has 1 N–H and O–H groups in total. The lowest BCUT2D eigenvalue weighted by Gasteiger charge is -2.10. The van der Waals surface area contributed by atoms with Crippen LogP contribution in [-0.2, 0) is 20.4 Å². The van der Waals surface area contributed by atoms with Crippen LogP contribution in [-0.4, -0.2) is 30.2 Å². The summed E-state index contributed by atoms with van der Waals surface area (Å²) in [7, 11) is -3.50. The van der Waals surface area contributed by atoms with Crippen molar-refractivity contribution in [3.05, 3.63) is 41.6 Å². The molecule has 1 aromatic carbocycles. The second-order valence-electron chi connectivity index (χ2n) is 5.23. The number of aliphatic carboxylic acids is 1. The van der Waals surface area contributed by atoms with Gasteiger partial charge in [0.15, 0.2) is 9.84 Å². The van der Waals surface area contributed by atoms with Crippen molar-refractivity contribution in [2.75, 3.05) is 5.75 Å². The van der Waals surface area contributed by atoms with Crippen molar-refractivity contribution in [1.82, 2.24) is 4.98 Å². The molecule has 1 atom stereocenters. The lowest BCUT2D eigenvalue weighted by Crippen LogP contribution is -2.22. The molecule has 0 amide bonds. The van der Waals surface area contributed by atoms with Crippen LogP contribution in [0.25, 0.3) is 10.9 Å². The molecule has 21 heavy (non-hydrogen) atoms. The summed E-state index contributed by atoms with van der Waals surface area (Å²) in [5.41, 5.74) is 2.15. The van der Waals surface area contributed by atoms with Crippen LogP contribution >= 0.6 is 0 Å². The Hall–Kier alpha value is -1.95. The predicted molar refractivity (Wildman–Crippen MR) is 80.8 cm³/mol. The average molecular weight is 307 g/mol. The molecule has 112 valence electrons. The number of sulfone groups is 1. The summed E-state index contributed by atoms with van der Waals surface area (Å²) >= 11 is 0. The molecule has 2 aromatic rings. The minimum absolute atomic E-state index is 0.172. The second-order valence-corrected chi connectivity index (χ2v) is 7.34. The maximum Gasteiger partial charge on any atom is 0.307 e. The molecule has 6 heteroatoms. The topological polar surface area (TPSA) is 84.3 Å². The van der Waals surface area contributed by atoms with Crippen LogP contribution in [0.3, 0.4) is 0 Å². The zero-order valence-corrected chi connectivity index (χ0v) is 12.7. The molecule has 0 aliphatic heterocycles. The Balaban J connectivity index is 2.37. The lowest BCUT2D eigenvalue weighted by molar-refractivity contribution is -0.140. The van der Waals surface area contributed by atoms with Crippen molar-refractivity contribution in [3.8, 4) is 0 Å². The van der Waals surface area contributed by atoms with Crippen LogP contribution < -0.4 is 0 Å². The Morgan fingerprint density at radius 2 is 2.00 bits per heavy atom. The van der Waals surface area contributed by atoms with Crippen molar-refractivity contribution in [2.24, 2.45) is 5.92 Å². The van der Waals surface area contributed by atoms with E-state index in [0.717, 1.165) is 16.6 Å². The number of para-hydroxylation sites is 1. The zero-order chi connectivity index (χ0) is 15.6. The fraction of sp³-hybridized carbons (Fsp3) is 0.333. The van der Waals surface area contributed by atoms with E-state index in [4.69, 9.17) is 5.11 Å². The van der Waals surface area contributed by atoms with Crippen molar-refractivity contribution >= 4 is 26.7 Å². The monoisotopic (exact) mass is 307 g/mol. The largest absolute Gasteiger partial charge is 0.481 e. The van der Waals surface area contributed by atoms with Gasteiger partial charge in [-0.25, -0.2) is 8.42 Å². The first-order valence-electron chi connectivity index (χ1n) is 6.57. The number of hydrogen-bond acceptors (Lipinski definition) is 4. The fourth-order valence-electron chi connectivity index (χ4n) is 2.26. The smallest absolute Gasteiger partial charge is 0.307 e. The molecule has 0 aliphatic carbocycles. The minimum atomic E-state index is -3.50. The Kier molecular flexibility index (Phi) is 4.27. The molecule has 0 radical (unpaired) electrons. The number of rotatable bonds is 5. The normalized spacial score (nSPS) is 13.2. The highest BCUT2D eigenvalue weighted by atomic mass is 32.2. The van der Waals surface area contributed by atoms with Gasteiger partial charge in [0.25, 0.3) is 0 Å². The molecule has 0 saturated carbocycles. The van der Waals surface area contributed by atoms with E-state index in [1.54, 1.807) is 6.07 Å². The van der Waals surface area contributed by atoms with E-state index in [9.17, 15) is 13.2 Å². The number of carboxylic acids is 1. The lowest BCUT2D eigenvalue weighted by atomic mass is 10.1. The molecule has 1 aromatic heterocycles. The average Bonchev–Trinajstić information content (AvgIpc) is 2.37. The maximum absolute atomic E-state index is 12.2. The summed E-state index contributed by atoms with van der Waals surface area (Å²) in [5, 5.41) is 9.64. The van der Waals surface area contributed by atoms with Gasteiger partial charge in [0, 0.05) is 11.1 Å². The first-order chi connectivity index (χ1) is 9.78. The van der Waals surface area contributed by atoms with Gasteiger partial charge in [-0.15, -0.1) is 0 Å². The summed E-state index contributed by atoms with van der Waals surface area (Å²) in [6.07, 6.45) is 0. The highest BCUT2D eigenvalue weighted by molar-refractivity contribution is 7.90. The minimum Gasteiger partial charge on any atom is -0.481 e. The third-order valence-electron chi connectivity index (χ3n) is 3.23. The van der Waals surface area contributed by atoms with Gasteiger partial charge in [0.2, 0.25) is 0 Å². The van der Waals surface area contributed by atoms with Gasteiger partial charge in [-0.2, -0.15) is 0 Å². The maximum atomic E-state index is 12.2. The highest BCUT2D eigenvalue weighted by Gasteiger charge is 2.22. The van der Waals surface area contributed by atoms with Gasteiger partial charge in [-0.3, -0.25) is 9.78 Å². The van der Waals surface area contributed by atoms with Gasteiger partial charge >= 0.3 is 5.97 Å². The quantitative estimate of drug-likeness (QED) is 0.915. The SMILES string of the molecule is Cc1cc(CS(=O)(=O)CC(C)C(=O)O)c2ccccc2n1. The first kappa shape index (κ1) is 15.4. The summed E-state index contributed by atoms with van der Waals surface area (Å²) in [5.74, 6) is -2.55. The molecule has 0 spiro atoms. The first-order valence-corrected chi connectivity index (χ1v) is 8.39. The Labute approximate surface area is 123 Å². The zero-order valence-electron chi connectivity index (χ0n) is 11.9. The van der Waals surface area contributed by atoms with E-state index in [-0.39, 0.29) is 11.5 Å². The molecule has 5 nitrogen and oxygen atoms in total. The van der Waals surface area contributed by atoms with Crippen LogP contribution in [0.15, 0.2) is 30.3 Å². The van der Waals surface area contributed by atoms with Gasteiger partial charge in [0.1, 0.15) is 0 Å². The van der Waals surface area contributed by atoms with E-state index >= 15 is 0 Å². The van der Waals surface area contributed by atoms with Crippen LogP contribution in [0.5, 0.6) is 0 Å². The summed E-state index contributed by atoms with van der Waals surface area (Å²) < 4.78 is 24.4. The van der Waals surface area contributed by atoms with Crippen LogP contribution in [0.4, 0.5) is 0 Å². The number of carbonyl (C=O) groups is 1.